The van der Waals surface area contributed by atoms with Crippen LogP contribution in [0, 0.1) is 0 Å². The summed E-state index contributed by atoms with van der Waals surface area (Å²) in [7, 11) is 0. The summed E-state index contributed by atoms with van der Waals surface area (Å²) in [4.78, 5) is 7.70. The molecule has 0 aromatic carbocycles. The van der Waals surface area contributed by atoms with Crippen molar-refractivity contribution < 1.29 is 0 Å². The molecule has 1 aromatic rings. The van der Waals surface area contributed by atoms with Gasteiger partial charge in [-0.25, -0.2) is 9.97 Å². The maximum atomic E-state index is 5.33. The zero-order valence-corrected chi connectivity index (χ0v) is 8.07. The standard InChI is InChI=1S/C6H10N4.2ClH/c7-3-1-5-2-4-9-6(8)10-5;;/h2,4H,1,3,7H2,(H2,8,9,10);2*1H. The average molecular weight is 211 g/mol. The van der Waals surface area contributed by atoms with Crippen LogP contribution in [0.2, 0.25) is 0 Å². The lowest BCUT2D eigenvalue weighted by Gasteiger charge is -1.96. The molecule has 0 unspecified atom stereocenters. The molecule has 0 atom stereocenters. The molecule has 0 aliphatic heterocycles. The zero-order valence-electron chi connectivity index (χ0n) is 6.43. The number of hydrogen-bond donors (Lipinski definition) is 2. The lowest BCUT2D eigenvalue weighted by molar-refractivity contribution is 0.914. The van der Waals surface area contributed by atoms with Crippen LogP contribution in [-0.4, -0.2) is 16.5 Å². The third-order valence-electron chi connectivity index (χ3n) is 1.13. The van der Waals surface area contributed by atoms with E-state index in [9.17, 15) is 0 Å². The van der Waals surface area contributed by atoms with Crippen molar-refractivity contribution in [3.8, 4) is 0 Å². The van der Waals surface area contributed by atoms with Gasteiger partial charge in [0.05, 0.1) is 0 Å². The summed E-state index contributed by atoms with van der Waals surface area (Å²) in [5, 5.41) is 0. The van der Waals surface area contributed by atoms with Gasteiger partial charge in [0, 0.05) is 18.3 Å². The molecule has 0 spiro atoms. The average Bonchev–Trinajstić information content (AvgIpc) is 1.88. The quantitative estimate of drug-likeness (QED) is 0.742. The Hall–Kier alpha value is -0.580. The van der Waals surface area contributed by atoms with Gasteiger partial charge >= 0.3 is 0 Å². The minimum Gasteiger partial charge on any atom is -0.368 e. The molecule has 0 saturated carbocycles. The first kappa shape index (κ1) is 14.0. The second kappa shape index (κ2) is 7.09. The van der Waals surface area contributed by atoms with Crippen LogP contribution in [-0.2, 0) is 6.42 Å². The summed E-state index contributed by atoms with van der Waals surface area (Å²) in [5.41, 5.74) is 11.5. The number of aromatic nitrogens is 2. The van der Waals surface area contributed by atoms with Crippen LogP contribution in [0.5, 0.6) is 0 Å². The fourth-order valence-corrected chi connectivity index (χ4v) is 0.700. The molecule has 70 valence electrons. The Balaban J connectivity index is 0. The smallest absolute Gasteiger partial charge is 0.220 e. The van der Waals surface area contributed by atoms with Crippen LogP contribution in [0.4, 0.5) is 5.95 Å². The molecule has 4 N–H and O–H groups in total. The minimum absolute atomic E-state index is 0. The van der Waals surface area contributed by atoms with Gasteiger partial charge in [-0.1, -0.05) is 0 Å². The Labute approximate surface area is 83.6 Å². The molecule has 6 heteroatoms. The number of nitrogen functional groups attached to an aromatic ring is 1. The maximum Gasteiger partial charge on any atom is 0.220 e. The molecular weight excluding hydrogens is 199 g/mol. The highest BCUT2D eigenvalue weighted by molar-refractivity contribution is 5.85. The van der Waals surface area contributed by atoms with Crippen molar-refractivity contribution >= 4 is 30.8 Å². The van der Waals surface area contributed by atoms with Gasteiger partial charge in [-0.2, -0.15) is 0 Å². The number of rotatable bonds is 2. The van der Waals surface area contributed by atoms with Crippen molar-refractivity contribution in [2.24, 2.45) is 5.73 Å². The van der Waals surface area contributed by atoms with Gasteiger partial charge in [-0.15, -0.1) is 24.8 Å². The fourth-order valence-electron chi connectivity index (χ4n) is 0.700. The first-order valence-electron chi connectivity index (χ1n) is 3.10. The van der Waals surface area contributed by atoms with Crippen LogP contribution in [0.25, 0.3) is 0 Å². The number of halogens is 2. The van der Waals surface area contributed by atoms with E-state index in [1.54, 1.807) is 6.20 Å². The molecule has 0 aliphatic carbocycles. The van der Waals surface area contributed by atoms with E-state index in [-0.39, 0.29) is 24.8 Å². The van der Waals surface area contributed by atoms with Gasteiger partial charge in [-0.05, 0) is 12.6 Å². The van der Waals surface area contributed by atoms with Crippen molar-refractivity contribution in [1.29, 1.82) is 0 Å². The van der Waals surface area contributed by atoms with E-state index in [2.05, 4.69) is 9.97 Å². The second-order valence-corrected chi connectivity index (χ2v) is 1.94. The molecule has 0 bridgehead atoms. The highest BCUT2D eigenvalue weighted by atomic mass is 35.5. The summed E-state index contributed by atoms with van der Waals surface area (Å²) in [5.74, 6) is 0.311. The van der Waals surface area contributed by atoms with Crippen LogP contribution < -0.4 is 11.5 Å². The van der Waals surface area contributed by atoms with Crippen molar-refractivity contribution in [2.45, 2.75) is 6.42 Å². The van der Waals surface area contributed by atoms with E-state index in [1.807, 2.05) is 6.07 Å². The van der Waals surface area contributed by atoms with Crippen molar-refractivity contribution in [2.75, 3.05) is 12.3 Å². The summed E-state index contributed by atoms with van der Waals surface area (Å²) < 4.78 is 0. The molecule has 0 fully saturated rings. The topological polar surface area (TPSA) is 77.8 Å². The molecule has 1 rings (SSSR count). The third-order valence-corrected chi connectivity index (χ3v) is 1.13. The van der Waals surface area contributed by atoms with Crippen molar-refractivity contribution in [3.05, 3.63) is 18.0 Å². The van der Waals surface area contributed by atoms with E-state index in [1.165, 1.54) is 0 Å². The molecule has 0 radical (unpaired) electrons. The Bertz CT molecular complexity index is 218. The lowest BCUT2D eigenvalue weighted by Crippen LogP contribution is -2.06. The Morgan fingerprint density at radius 3 is 2.50 bits per heavy atom. The predicted molar refractivity (Wildman–Crippen MR) is 53.7 cm³/mol. The number of nitrogens with zero attached hydrogens (tertiary/aromatic N) is 2. The van der Waals surface area contributed by atoms with Gasteiger partial charge in [0.25, 0.3) is 0 Å². The molecule has 0 aliphatic rings. The summed E-state index contributed by atoms with van der Waals surface area (Å²) in [6, 6.07) is 1.81. The van der Waals surface area contributed by atoms with Gasteiger partial charge < -0.3 is 11.5 Å². The number of hydrogen-bond acceptors (Lipinski definition) is 4. The van der Waals surface area contributed by atoms with Crippen molar-refractivity contribution in [3.63, 3.8) is 0 Å². The minimum atomic E-state index is 0. The van der Waals surface area contributed by atoms with Gasteiger partial charge in [0.2, 0.25) is 5.95 Å². The molecule has 12 heavy (non-hydrogen) atoms. The first-order valence-corrected chi connectivity index (χ1v) is 3.10. The predicted octanol–water partition coefficient (Wildman–Crippen LogP) is 0.404. The molecule has 4 nitrogen and oxygen atoms in total. The number of nitrogens with two attached hydrogens (primary N) is 2. The van der Waals surface area contributed by atoms with Gasteiger partial charge in [0.15, 0.2) is 0 Å². The maximum absolute atomic E-state index is 5.33. The van der Waals surface area contributed by atoms with E-state index >= 15 is 0 Å². The molecule has 0 amide bonds. The normalized spacial score (nSPS) is 8.08. The monoisotopic (exact) mass is 210 g/mol. The third kappa shape index (κ3) is 4.33. The zero-order chi connectivity index (χ0) is 7.40. The summed E-state index contributed by atoms with van der Waals surface area (Å²) in [6.45, 7) is 0.594. The highest BCUT2D eigenvalue weighted by Gasteiger charge is 1.92. The van der Waals surface area contributed by atoms with Crippen LogP contribution in [0.15, 0.2) is 12.3 Å². The number of anilines is 1. The van der Waals surface area contributed by atoms with Crippen LogP contribution in [0.1, 0.15) is 5.69 Å². The molecule has 1 heterocycles. The fraction of sp³-hybridized carbons (Fsp3) is 0.333. The van der Waals surface area contributed by atoms with E-state index in [0.29, 0.717) is 12.5 Å². The van der Waals surface area contributed by atoms with E-state index < -0.39 is 0 Å². The molecule has 1 aromatic heterocycles. The Morgan fingerprint density at radius 2 is 2.00 bits per heavy atom. The lowest BCUT2D eigenvalue weighted by atomic mass is 10.3. The Morgan fingerprint density at radius 1 is 1.33 bits per heavy atom. The highest BCUT2D eigenvalue weighted by Crippen LogP contribution is 1.95. The largest absolute Gasteiger partial charge is 0.368 e. The molecule has 0 saturated heterocycles. The summed E-state index contributed by atoms with van der Waals surface area (Å²) in [6.07, 6.45) is 2.39. The van der Waals surface area contributed by atoms with Gasteiger partial charge in [-0.3, -0.25) is 0 Å². The van der Waals surface area contributed by atoms with Crippen LogP contribution >= 0.6 is 24.8 Å². The van der Waals surface area contributed by atoms with E-state index in [4.69, 9.17) is 11.5 Å². The summed E-state index contributed by atoms with van der Waals surface area (Å²) >= 11 is 0. The van der Waals surface area contributed by atoms with E-state index in [0.717, 1.165) is 12.1 Å². The SMILES string of the molecule is Cl.Cl.NCCc1ccnc(N)n1. The van der Waals surface area contributed by atoms with Crippen LogP contribution in [0.3, 0.4) is 0 Å². The second-order valence-electron chi connectivity index (χ2n) is 1.94. The Kier molecular flexibility index (Phi) is 8.26. The molecular formula is C6H12Cl2N4. The van der Waals surface area contributed by atoms with Crippen molar-refractivity contribution in [1.82, 2.24) is 9.97 Å². The first-order chi connectivity index (χ1) is 4.83. The van der Waals surface area contributed by atoms with Gasteiger partial charge in [0.1, 0.15) is 0 Å².